The number of rotatable bonds is 5. The van der Waals surface area contributed by atoms with Crippen LogP contribution in [-0.2, 0) is 6.54 Å². The molecule has 1 aromatic heterocycles. The number of nitriles is 1. The van der Waals surface area contributed by atoms with Crippen molar-refractivity contribution in [2.45, 2.75) is 13.0 Å². The van der Waals surface area contributed by atoms with Crippen LogP contribution in [0.25, 0.3) is 0 Å². The van der Waals surface area contributed by atoms with Crippen molar-refractivity contribution in [2.75, 3.05) is 11.9 Å². The molecule has 0 amide bonds. The lowest BCUT2D eigenvalue weighted by Gasteiger charge is -2.08. The molecule has 0 aliphatic carbocycles. The third kappa shape index (κ3) is 4.95. The first-order valence-electron chi connectivity index (χ1n) is 6.46. The third-order valence-electron chi connectivity index (χ3n) is 2.68. The summed E-state index contributed by atoms with van der Waals surface area (Å²) in [6.45, 7) is 1.36. The van der Waals surface area contributed by atoms with Crippen LogP contribution in [0.1, 0.15) is 6.42 Å². The van der Waals surface area contributed by atoms with E-state index in [2.05, 4.69) is 20.6 Å². The Morgan fingerprint density at radius 3 is 2.86 bits per heavy atom. The van der Waals surface area contributed by atoms with E-state index >= 15 is 0 Å². The number of aliphatic imine (C=N–C) groups is 1. The highest BCUT2D eigenvalue weighted by Crippen LogP contribution is 2.07. The van der Waals surface area contributed by atoms with Gasteiger partial charge in [-0.1, -0.05) is 0 Å². The normalized spacial score (nSPS) is 11.0. The zero-order chi connectivity index (χ0) is 14.9. The van der Waals surface area contributed by atoms with Crippen LogP contribution in [0.15, 0.2) is 48.0 Å². The van der Waals surface area contributed by atoms with Gasteiger partial charge in [-0.05, 0) is 30.7 Å². The molecule has 0 unspecified atom stereocenters. The Bertz CT molecular complexity index is 612. The second-order valence-corrected chi connectivity index (χ2v) is 4.25. The SMILES string of the molecule is N#CNC(=NCCCn1ccnc1)Nc1ccc(F)cc1. The van der Waals surface area contributed by atoms with Crippen LogP contribution in [0.5, 0.6) is 0 Å². The summed E-state index contributed by atoms with van der Waals surface area (Å²) in [6.07, 6.45) is 7.99. The number of hydrogen-bond donors (Lipinski definition) is 2. The Morgan fingerprint density at radius 2 is 2.19 bits per heavy atom. The van der Waals surface area contributed by atoms with Crippen molar-refractivity contribution in [2.24, 2.45) is 4.99 Å². The summed E-state index contributed by atoms with van der Waals surface area (Å²) in [5.74, 6) is 0.0300. The molecule has 0 aliphatic rings. The lowest BCUT2D eigenvalue weighted by atomic mass is 10.3. The molecule has 0 saturated heterocycles. The molecule has 0 radical (unpaired) electrons. The molecule has 0 atom stereocenters. The first-order chi connectivity index (χ1) is 10.3. The van der Waals surface area contributed by atoms with Gasteiger partial charge in [-0.15, -0.1) is 0 Å². The van der Waals surface area contributed by atoms with Crippen molar-refractivity contribution in [1.82, 2.24) is 14.9 Å². The molecule has 2 aromatic rings. The van der Waals surface area contributed by atoms with Crippen LogP contribution in [0, 0.1) is 17.3 Å². The maximum Gasteiger partial charge on any atom is 0.209 e. The van der Waals surface area contributed by atoms with E-state index in [0.717, 1.165) is 13.0 Å². The summed E-state index contributed by atoms with van der Waals surface area (Å²) < 4.78 is 14.8. The molecule has 2 N–H and O–H groups in total. The van der Waals surface area contributed by atoms with E-state index < -0.39 is 0 Å². The Kier molecular flexibility index (Phi) is 5.29. The van der Waals surface area contributed by atoms with Crippen molar-refractivity contribution in [3.05, 3.63) is 48.8 Å². The topological polar surface area (TPSA) is 78.0 Å². The van der Waals surface area contributed by atoms with Crippen molar-refractivity contribution >= 4 is 11.6 Å². The van der Waals surface area contributed by atoms with Crippen molar-refractivity contribution < 1.29 is 4.39 Å². The van der Waals surface area contributed by atoms with Gasteiger partial charge in [0, 0.05) is 31.2 Å². The lowest BCUT2D eigenvalue weighted by Crippen LogP contribution is -2.27. The Balaban J connectivity index is 1.86. The minimum Gasteiger partial charge on any atom is -0.337 e. The van der Waals surface area contributed by atoms with Gasteiger partial charge in [0.25, 0.3) is 0 Å². The zero-order valence-corrected chi connectivity index (χ0v) is 11.3. The van der Waals surface area contributed by atoms with Crippen molar-refractivity contribution in [1.29, 1.82) is 5.26 Å². The highest BCUT2D eigenvalue weighted by atomic mass is 19.1. The number of hydrogen-bond acceptors (Lipinski definition) is 3. The average molecular weight is 286 g/mol. The van der Waals surface area contributed by atoms with Gasteiger partial charge in [0.2, 0.25) is 5.96 Å². The number of guanidine groups is 1. The average Bonchev–Trinajstić information content (AvgIpc) is 2.99. The number of halogens is 1. The summed E-state index contributed by atoms with van der Waals surface area (Å²) in [6, 6.07) is 5.83. The van der Waals surface area contributed by atoms with E-state index in [4.69, 9.17) is 5.26 Å². The molecule has 0 spiro atoms. The van der Waals surface area contributed by atoms with Gasteiger partial charge < -0.3 is 9.88 Å². The molecule has 108 valence electrons. The highest BCUT2D eigenvalue weighted by Gasteiger charge is 1.99. The van der Waals surface area contributed by atoms with Gasteiger partial charge in [0.1, 0.15) is 5.82 Å². The second kappa shape index (κ2) is 7.65. The molecule has 0 saturated carbocycles. The summed E-state index contributed by atoms with van der Waals surface area (Å²) >= 11 is 0. The van der Waals surface area contributed by atoms with Gasteiger partial charge in [-0.3, -0.25) is 10.3 Å². The van der Waals surface area contributed by atoms with Crippen LogP contribution in [0.2, 0.25) is 0 Å². The van der Waals surface area contributed by atoms with Gasteiger partial charge in [-0.2, -0.15) is 5.26 Å². The first kappa shape index (κ1) is 14.5. The fourth-order valence-corrected chi connectivity index (χ4v) is 1.70. The van der Waals surface area contributed by atoms with Gasteiger partial charge in [0.05, 0.1) is 6.33 Å². The molecule has 0 bridgehead atoms. The second-order valence-electron chi connectivity index (χ2n) is 4.25. The first-order valence-corrected chi connectivity index (χ1v) is 6.46. The van der Waals surface area contributed by atoms with E-state index in [1.54, 1.807) is 24.7 Å². The fourth-order valence-electron chi connectivity index (χ4n) is 1.70. The maximum atomic E-state index is 12.8. The Hall–Kier alpha value is -2.88. The molecule has 21 heavy (non-hydrogen) atoms. The minimum absolute atomic E-state index is 0.312. The van der Waals surface area contributed by atoms with Crippen molar-refractivity contribution in [3.8, 4) is 6.19 Å². The minimum atomic E-state index is -0.312. The van der Waals surface area contributed by atoms with Crippen LogP contribution in [-0.4, -0.2) is 22.1 Å². The standard InChI is InChI=1S/C14H15FN6/c15-12-2-4-13(5-3-12)20-14(19-10-16)18-6-1-8-21-9-7-17-11-21/h2-5,7,9,11H,1,6,8H2,(H2,18,19,20). The van der Waals surface area contributed by atoms with E-state index in [-0.39, 0.29) is 5.82 Å². The van der Waals surface area contributed by atoms with E-state index in [1.807, 2.05) is 17.0 Å². The summed E-state index contributed by atoms with van der Waals surface area (Å²) in [7, 11) is 0. The molecule has 0 fully saturated rings. The molecule has 1 aromatic carbocycles. The number of aromatic nitrogens is 2. The summed E-state index contributed by atoms with van der Waals surface area (Å²) in [5, 5.41) is 14.1. The lowest BCUT2D eigenvalue weighted by molar-refractivity contribution is 0.628. The number of nitrogens with zero attached hydrogens (tertiary/aromatic N) is 4. The molecular formula is C14H15FN6. The van der Waals surface area contributed by atoms with Crippen LogP contribution < -0.4 is 10.6 Å². The van der Waals surface area contributed by atoms with Crippen molar-refractivity contribution in [3.63, 3.8) is 0 Å². The van der Waals surface area contributed by atoms with E-state index in [9.17, 15) is 4.39 Å². The summed E-state index contributed by atoms with van der Waals surface area (Å²) in [5.41, 5.74) is 0.660. The highest BCUT2D eigenvalue weighted by molar-refractivity contribution is 5.94. The van der Waals surface area contributed by atoms with E-state index in [0.29, 0.717) is 18.2 Å². The third-order valence-corrected chi connectivity index (χ3v) is 2.68. The fraction of sp³-hybridized carbons (Fsp3) is 0.214. The van der Waals surface area contributed by atoms with Crippen LogP contribution >= 0.6 is 0 Å². The molecule has 6 nitrogen and oxygen atoms in total. The smallest absolute Gasteiger partial charge is 0.209 e. The predicted molar refractivity (Wildman–Crippen MR) is 77.9 cm³/mol. The molecule has 0 aliphatic heterocycles. The van der Waals surface area contributed by atoms with Crippen LogP contribution in [0.3, 0.4) is 0 Å². The molecule has 1 heterocycles. The predicted octanol–water partition coefficient (Wildman–Crippen LogP) is 1.95. The molecule has 2 rings (SSSR count). The van der Waals surface area contributed by atoms with E-state index in [1.165, 1.54) is 12.1 Å². The maximum absolute atomic E-state index is 12.8. The summed E-state index contributed by atoms with van der Waals surface area (Å²) in [4.78, 5) is 8.23. The number of aryl methyl sites for hydroxylation is 1. The molecular weight excluding hydrogens is 271 g/mol. The van der Waals surface area contributed by atoms with Crippen LogP contribution in [0.4, 0.5) is 10.1 Å². The zero-order valence-electron chi connectivity index (χ0n) is 11.3. The van der Waals surface area contributed by atoms with Gasteiger partial charge >= 0.3 is 0 Å². The van der Waals surface area contributed by atoms with Gasteiger partial charge in [-0.25, -0.2) is 9.37 Å². The quantitative estimate of drug-likeness (QED) is 0.289. The number of benzene rings is 1. The number of imidazole rings is 1. The Labute approximate surface area is 122 Å². The number of anilines is 1. The van der Waals surface area contributed by atoms with Gasteiger partial charge in [0.15, 0.2) is 6.19 Å². The molecule has 7 heteroatoms. The largest absolute Gasteiger partial charge is 0.337 e. The monoisotopic (exact) mass is 286 g/mol. The Morgan fingerprint density at radius 1 is 1.38 bits per heavy atom. The number of nitrogens with one attached hydrogen (secondary N) is 2.